The summed E-state index contributed by atoms with van der Waals surface area (Å²) in [5, 5.41) is 87.8. The lowest BCUT2D eigenvalue weighted by molar-refractivity contribution is -0.155. The van der Waals surface area contributed by atoms with Crippen LogP contribution in [0.4, 0.5) is 11.4 Å². The first-order chi connectivity index (χ1) is 30.7. The summed E-state index contributed by atoms with van der Waals surface area (Å²) in [6, 6.07) is 4.02. The van der Waals surface area contributed by atoms with Gasteiger partial charge in [-0.2, -0.15) is 0 Å². The van der Waals surface area contributed by atoms with E-state index < -0.39 is 116 Å². The van der Waals surface area contributed by atoms with E-state index in [1.165, 1.54) is 21.9 Å². The monoisotopic (exact) mass is 950 g/mol. The molecule has 67 heavy (non-hydrogen) atoms. The number of fused-ring (bicyclic) bond motifs is 6. The molecule has 0 spiro atoms. The second-order valence-corrected chi connectivity index (χ2v) is 18.6. The fraction of sp³-hybridized carbons (Fsp3) is 0.435. The molecular weight excluding hydrogens is 896 g/mol. The largest absolute Gasteiger partial charge is 0.508 e. The maximum Gasteiger partial charge on any atom is 0.255 e. The minimum Gasteiger partial charge on any atom is -0.508 e. The lowest BCUT2D eigenvalue weighted by Crippen LogP contribution is -2.65. The van der Waals surface area contributed by atoms with Crippen molar-refractivity contribution in [3.8, 4) is 11.5 Å². The van der Waals surface area contributed by atoms with E-state index in [1.54, 1.807) is 40.3 Å². The van der Waals surface area contributed by atoms with Gasteiger partial charge in [0.05, 0.1) is 23.2 Å². The van der Waals surface area contributed by atoms with Gasteiger partial charge in [-0.25, -0.2) is 0 Å². The number of phenols is 2. The first-order valence-electron chi connectivity index (χ1n) is 21.0. The minimum atomic E-state index is -2.63. The molecule has 8 rings (SSSR count). The van der Waals surface area contributed by atoms with Crippen LogP contribution in [-0.2, 0) is 41.6 Å². The first kappa shape index (κ1) is 50.0. The van der Waals surface area contributed by atoms with Gasteiger partial charge in [-0.15, -0.1) is 12.4 Å². The molecule has 21 heteroatoms. The number of aliphatic hydroxyl groups excluding tert-OH is 4. The van der Waals surface area contributed by atoms with Crippen molar-refractivity contribution < 1.29 is 69.6 Å². The molecule has 360 valence electrons. The van der Waals surface area contributed by atoms with Crippen molar-refractivity contribution in [1.29, 1.82) is 0 Å². The van der Waals surface area contributed by atoms with Gasteiger partial charge in [0.2, 0.25) is 11.6 Å². The van der Waals surface area contributed by atoms with Gasteiger partial charge in [0.15, 0.2) is 22.8 Å². The number of ketones is 4. The highest BCUT2D eigenvalue weighted by Gasteiger charge is 2.66. The molecule has 2 saturated carbocycles. The van der Waals surface area contributed by atoms with E-state index in [0.717, 1.165) is 11.4 Å². The van der Waals surface area contributed by atoms with Gasteiger partial charge >= 0.3 is 0 Å². The summed E-state index contributed by atoms with van der Waals surface area (Å²) >= 11 is 0. The molecule has 0 aliphatic heterocycles. The zero-order valence-corrected chi connectivity index (χ0v) is 38.8. The molecule has 2 fully saturated rings. The number of nitrogens with zero attached hydrogens (tertiary/aromatic N) is 4. The zero-order valence-electron chi connectivity index (χ0n) is 38.0. The van der Waals surface area contributed by atoms with E-state index in [4.69, 9.17) is 11.5 Å². The summed E-state index contributed by atoms with van der Waals surface area (Å²) in [4.78, 5) is 84.0. The Balaban J connectivity index is 0.000000218. The molecule has 2 amide bonds. The number of hydrogen-bond donors (Lipinski definition) is 10. The van der Waals surface area contributed by atoms with Crippen LogP contribution in [0.3, 0.4) is 0 Å². The number of hydrogen-bond acceptors (Lipinski definition) is 18. The standard InChI is InChI=1S/2C23H27N3O7.ClH/c2*1-25(2)12-5-6-13(27)15-10(12)7-9-8-11-17(26(3)4)19(29)16(22(24)32)21(31)23(11,33)20(30)14(9)18(15)28;/h2*5-6,9,11,17,27-28,31,33H,7-8H2,1-4H3,(H2,24,32);1H/t2*9-,11-,17-,23-;/m00./s1. The van der Waals surface area contributed by atoms with E-state index in [0.29, 0.717) is 11.1 Å². The molecular formula is C46H55ClN6O14. The number of Topliss-reactive ketones (excluding diaryl/α,β-unsaturated/α-hetero) is 4. The van der Waals surface area contributed by atoms with E-state index in [1.807, 2.05) is 38.0 Å². The molecule has 0 unspecified atom stereocenters. The number of amides is 2. The summed E-state index contributed by atoms with van der Waals surface area (Å²) < 4.78 is 0. The molecule has 20 nitrogen and oxygen atoms in total. The van der Waals surface area contributed by atoms with Crippen LogP contribution < -0.4 is 21.3 Å². The predicted molar refractivity (Wildman–Crippen MR) is 244 cm³/mol. The third-order valence-electron chi connectivity index (χ3n) is 14.1. The molecule has 0 heterocycles. The van der Waals surface area contributed by atoms with Gasteiger partial charge in [0.1, 0.15) is 45.7 Å². The number of aromatic hydroxyl groups is 2. The third kappa shape index (κ3) is 7.03. The van der Waals surface area contributed by atoms with Crippen molar-refractivity contribution >= 4 is 70.2 Å². The maximum atomic E-state index is 13.7. The first-order valence-corrected chi connectivity index (χ1v) is 21.0. The van der Waals surface area contributed by atoms with E-state index in [9.17, 15) is 69.6 Å². The molecule has 12 N–H and O–H groups in total. The van der Waals surface area contributed by atoms with Crippen LogP contribution in [0.2, 0.25) is 0 Å². The highest BCUT2D eigenvalue weighted by atomic mass is 35.5. The number of carbonyl (C=O) groups excluding carboxylic acids is 6. The lowest BCUT2D eigenvalue weighted by Gasteiger charge is -2.50. The Labute approximate surface area is 390 Å². The van der Waals surface area contributed by atoms with Crippen molar-refractivity contribution in [2.45, 2.75) is 49.0 Å². The molecule has 0 saturated heterocycles. The topological polar surface area (TPSA) is 329 Å². The number of rotatable bonds is 6. The van der Waals surface area contributed by atoms with E-state index in [-0.39, 0.29) is 71.9 Å². The Morgan fingerprint density at radius 2 is 0.881 bits per heavy atom. The Morgan fingerprint density at radius 1 is 0.567 bits per heavy atom. The van der Waals surface area contributed by atoms with Crippen LogP contribution in [0.5, 0.6) is 11.5 Å². The van der Waals surface area contributed by atoms with Crippen molar-refractivity contribution in [1.82, 2.24) is 9.80 Å². The second kappa shape index (κ2) is 17.0. The number of aliphatic hydroxyl groups is 6. The minimum absolute atomic E-state index is 0. The van der Waals surface area contributed by atoms with Gasteiger partial charge in [-0.05, 0) is 101 Å². The SMILES string of the molecule is CN(C)c1ccc(O)c2c1C[C@H]1C[C@H]3[C@H](N(C)C)C(=O)C(C(N)=O)=C(O)[C@@]3(O)C(=O)C1=C2O.CN(C)c1ccc(O)c2c1C[C@H]1C[C@H]3[C@H](N(C)C)C(=O)C(C(N)=O)=C(O)[C@@]3(O)C(=O)C1=C2O.Cl. The molecule has 2 aromatic rings. The van der Waals surface area contributed by atoms with Crippen LogP contribution in [0.15, 0.2) is 58.1 Å². The van der Waals surface area contributed by atoms with Crippen LogP contribution in [-0.4, -0.2) is 165 Å². The summed E-state index contributed by atoms with van der Waals surface area (Å²) in [6.45, 7) is 0. The average Bonchev–Trinajstić information content (AvgIpc) is 3.20. The Hall–Kier alpha value is -6.45. The molecule has 8 atom stereocenters. The average molecular weight is 951 g/mol. The number of nitrogens with two attached hydrogens (primary N) is 2. The van der Waals surface area contributed by atoms with Gasteiger partial charge in [-0.1, -0.05) is 0 Å². The zero-order chi connectivity index (χ0) is 49.1. The summed E-state index contributed by atoms with van der Waals surface area (Å²) in [5.41, 5.74) is 6.30. The Kier molecular flexibility index (Phi) is 12.7. The Bertz CT molecular complexity index is 2520. The van der Waals surface area contributed by atoms with Gasteiger partial charge < -0.3 is 62.1 Å². The number of carbonyl (C=O) groups is 6. The fourth-order valence-electron chi connectivity index (χ4n) is 11.3. The molecule has 6 aliphatic carbocycles. The van der Waals surface area contributed by atoms with Gasteiger partial charge in [0, 0.05) is 62.5 Å². The number of halogens is 1. The molecule has 2 aromatic carbocycles. The normalized spacial score (nSPS) is 28.7. The lowest BCUT2D eigenvalue weighted by atomic mass is 9.57. The fourth-order valence-corrected chi connectivity index (χ4v) is 11.3. The van der Waals surface area contributed by atoms with Gasteiger partial charge in [-0.3, -0.25) is 38.6 Å². The van der Waals surface area contributed by atoms with Crippen molar-refractivity contribution in [3.05, 3.63) is 80.3 Å². The summed E-state index contributed by atoms with van der Waals surface area (Å²) in [6.07, 6.45) is 0.648. The number of anilines is 2. The number of phenolic OH excluding ortho intramolecular Hbond substituents is 2. The second-order valence-electron chi connectivity index (χ2n) is 18.6. The predicted octanol–water partition coefficient (Wildman–Crippen LogP) is 0.482. The summed E-state index contributed by atoms with van der Waals surface area (Å²) in [7, 11) is 13.5. The van der Waals surface area contributed by atoms with E-state index in [2.05, 4.69) is 0 Å². The van der Waals surface area contributed by atoms with Crippen LogP contribution in [0.1, 0.15) is 35.1 Å². The Morgan fingerprint density at radius 3 is 1.15 bits per heavy atom. The van der Waals surface area contributed by atoms with Crippen LogP contribution in [0, 0.1) is 23.7 Å². The van der Waals surface area contributed by atoms with Crippen molar-refractivity contribution in [3.63, 3.8) is 0 Å². The highest BCUT2D eigenvalue weighted by Crippen LogP contribution is 2.55. The summed E-state index contributed by atoms with van der Waals surface area (Å²) in [5.74, 6) is -13.1. The van der Waals surface area contributed by atoms with Crippen LogP contribution >= 0.6 is 12.4 Å². The molecule has 0 bridgehead atoms. The number of likely N-dealkylation sites (N-methyl/N-ethyl adjacent to an activating group) is 2. The maximum absolute atomic E-state index is 13.7. The van der Waals surface area contributed by atoms with Crippen LogP contribution in [0.25, 0.3) is 11.5 Å². The molecule has 6 aliphatic rings. The highest BCUT2D eigenvalue weighted by molar-refractivity contribution is 6.25. The number of benzene rings is 2. The molecule has 0 radical (unpaired) electrons. The van der Waals surface area contributed by atoms with Gasteiger partial charge in [0.25, 0.3) is 11.8 Å². The smallest absolute Gasteiger partial charge is 0.255 e. The van der Waals surface area contributed by atoms with Crippen molar-refractivity contribution in [2.75, 3.05) is 66.2 Å². The number of primary amides is 2. The quantitative estimate of drug-likeness (QED) is 0.176. The van der Waals surface area contributed by atoms with E-state index >= 15 is 0 Å². The van der Waals surface area contributed by atoms with Crippen molar-refractivity contribution in [2.24, 2.45) is 35.1 Å². The molecule has 0 aromatic heterocycles. The third-order valence-corrected chi connectivity index (χ3v) is 14.1.